The molecule has 0 aromatic carbocycles. The van der Waals surface area contributed by atoms with Gasteiger partial charge in [0, 0.05) is 24.8 Å². The van der Waals surface area contributed by atoms with Crippen LogP contribution in [0.2, 0.25) is 0 Å². The molecule has 20 heavy (non-hydrogen) atoms. The largest absolute Gasteiger partial charge is 0.333 e. The van der Waals surface area contributed by atoms with Gasteiger partial charge in [0.15, 0.2) is 0 Å². The molecule has 1 aliphatic rings. The van der Waals surface area contributed by atoms with Crippen molar-refractivity contribution in [3.63, 3.8) is 0 Å². The molecular weight excluding hydrogens is 250 g/mol. The molecule has 0 bridgehead atoms. The van der Waals surface area contributed by atoms with Crippen molar-refractivity contribution < 1.29 is 4.79 Å². The summed E-state index contributed by atoms with van der Waals surface area (Å²) in [7, 11) is 0. The average Bonchev–Trinajstić information content (AvgIpc) is 2.74. The molecule has 2 rings (SSSR count). The molecule has 2 atom stereocenters. The number of amides is 1. The SMILES string of the molecule is CC(C)C1CN(C(=O)c2ccn(C(C)C)n2)C1C(C)C. The Morgan fingerprint density at radius 1 is 1.20 bits per heavy atom. The lowest BCUT2D eigenvalue weighted by Gasteiger charge is -2.52. The quantitative estimate of drug-likeness (QED) is 0.847. The van der Waals surface area contributed by atoms with Gasteiger partial charge in [-0.15, -0.1) is 0 Å². The van der Waals surface area contributed by atoms with Gasteiger partial charge in [-0.05, 0) is 37.7 Å². The molecule has 1 fully saturated rings. The fourth-order valence-electron chi connectivity index (χ4n) is 3.11. The Kier molecular flexibility index (Phi) is 4.21. The summed E-state index contributed by atoms with van der Waals surface area (Å²) in [4.78, 5) is 14.6. The monoisotopic (exact) mass is 277 g/mol. The molecule has 1 aromatic heterocycles. The van der Waals surface area contributed by atoms with Crippen molar-refractivity contribution in [3.8, 4) is 0 Å². The third-order valence-corrected chi connectivity index (χ3v) is 4.36. The van der Waals surface area contributed by atoms with Crippen molar-refractivity contribution in [3.05, 3.63) is 18.0 Å². The van der Waals surface area contributed by atoms with Crippen LogP contribution in [0.5, 0.6) is 0 Å². The molecule has 2 unspecified atom stereocenters. The predicted octanol–water partition coefficient (Wildman–Crippen LogP) is 3.22. The molecule has 2 heterocycles. The number of carbonyl (C=O) groups excluding carboxylic acids is 1. The first-order chi connectivity index (χ1) is 9.32. The maximum atomic E-state index is 12.6. The maximum Gasteiger partial charge on any atom is 0.274 e. The van der Waals surface area contributed by atoms with E-state index in [2.05, 4.69) is 46.6 Å². The average molecular weight is 277 g/mol. The number of hydrogen-bond acceptors (Lipinski definition) is 2. The Morgan fingerprint density at radius 2 is 1.85 bits per heavy atom. The van der Waals surface area contributed by atoms with E-state index in [4.69, 9.17) is 0 Å². The second-order valence-corrected chi connectivity index (χ2v) is 6.87. The van der Waals surface area contributed by atoms with E-state index in [0.717, 1.165) is 6.54 Å². The number of carbonyl (C=O) groups is 1. The van der Waals surface area contributed by atoms with Crippen LogP contribution in [0.1, 0.15) is 58.1 Å². The highest BCUT2D eigenvalue weighted by atomic mass is 16.2. The van der Waals surface area contributed by atoms with Gasteiger partial charge in [0.2, 0.25) is 0 Å². The van der Waals surface area contributed by atoms with Gasteiger partial charge in [0.05, 0.1) is 0 Å². The Hall–Kier alpha value is -1.32. The second kappa shape index (κ2) is 5.58. The minimum absolute atomic E-state index is 0.0833. The van der Waals surface area contributed by atoms with Gasteiger partial charge in [-0.3, -0.25) is 9.48 Å². The number of hydrogen-bond donors (Lipinski definition) is 0. The van der Waals surface area contributed by atoms with Gasteiger partial charge < -0.3 is 4.90 Å². The van der Waals surface area contributed by atoms with Crippen LogP contribution < -0.4 is 0 Å². The highest BCUT2D eigenvalue weighted by molar-refractivity contribution is 5.93. The number of nitrogens with zero attached hydrogens (tertiary/aromatic N) is 3. The van der Waals surface area contributed by atoms with Crippen LogP contribution in [0.15, 0.2) is 12.3 Å². The minimum atomic E-state index is 0.0833. The maximum absolute atomic E-state index is 12.6. The second-order valence-electron chi connectivity index (χ2n) is 6.87. The molecule has 0 radical (unpaired) electrons. The zero-order valence-corrected chi connectivity index (χ0v) is 13.5. The summed E-state index contributed by atoms with van der Waals surface area (Å²) in [6.07, 6.45) is 1.89. The van der Waals surface area contributed by atoms with Crippen LogP contribution in [-0.2, 0) is 0 Å². The van der Waals surface area contributed by atoms with Crippen molar-refractivity contribution in [1.29, 1.82) is 0 Å². The fraction of sp³-hybridized carbons (Fsp3) is 0.750. The first kappa shape index (κ1) is 15.1. The summed E-state index contributed by atoms with van der Waals surface area (Å²) < 4.78 is 1.84. The summed E-state index contributed by atoms with van der Waals surface area (Å²) in [5.74, 6) is 1.82. The standard InChI is InChI=1S/C16H27N3O/c1-10(2)13-9-18(15(13)11(3)4)16(20)14-7-8-19(17-14)12(5)6/h7-8,10-13,15H,9H2,1-6H3. The van der Waals surface area contributed by atoms with Crippen molar-refractivity contribution in [1.82, 2.24) is 14.7 Å². The molecule has 1 saturated heterocycles. The van der Waals surface area contributed by atoms with Crippen molar-refractivity contribution >= 4 is 5.91 Å². The third kappa shape index (κ3) is 2.60. The smallest absolute Gasteiger partial charge is 0.274 e. The normalized spacial score (nSPS) is 22.8. The molecule has 4 nitrogen and oxygen atoms in total. The van der Waals surface area contributed by atoms with E-state index in [1.54, 1.807) is 0 Å². The molecule has 1 aliphatic heterocycles. The van der Waals surface area contributed by atoms with Gasteiger partial charge in [0.25, 0.3) is 5.91 Å². The molecular formula is C16H27N3O. The number of likely N-dealkylation sites (tertiary alicyclic amines) is 1. The Morgan fingerprint density at radius 3 is 2.30 bits per heavy atom. The lowest BCUT2D eigenvalue weighted by molar-refractivity contribution is -0.0218. The molecule has 0 N–H and O–H groups in total. The van der Waals surface area contributed by atoms with E-state index in [0.29, 0.717) is 29.5 Å². The van der Waals surface area contributed by atoms with Crippen molar-refractivity contribution in [2.24, 2.45) is 17.8 Å². The molecule has 0 saturated carbocycles. The fourth-order valence-corrected chi connectivity index (χ4v) is 3.11. The zero-order chi connectivity index (χ0) is 15.0. The van der Waals surface area contributed by atoms with Crippen LogP contribution in [0.3, 0.4) is 0 Å². The van der Waals surface area contributed by atoms with Crippen LogP contribution in [-0.4, -0.2) is 33.2 Å². The highest BCUT2D eigenvalue weighted by Crippen LogP contribution is 2.36. The van der Waals surface area contributed by atoms with Crippen LogP contribution in [0, 0.1) is 17.8 Å². The molecule has 1 aromatic rings. The summed E-state index contributed by atoms with van der Waals surface area (Å²) >= 11 is 0. The van der Waals surface area contributed by atoms with Gasteiger partial charge >= 0.3 is 0 Å². The zero-order valence-electron chi connectivity index (χ0n) is 13.5. The lowest BCUT2D eigenvalue weighted by atomic mass is 9.74. The lowest BCUT2D eigenvalue weighted by Crippen LogP contribution is -2.62. The highest BCUT2D eigenvalue weighted by Gasteiger charge is 2.45. The van der Waals surface area contributed by atoms with Gasteiger partial charge in [0.1, 0.15) is 5.69 Å². The Bertz CT molecular complexity index is 476. The van der Waals surface area contributed by atoms with Crippen molar-refractivity contribution in [2.45, 2.75) is 53.6 Å². The Labute approximate surface area is 122 Å². The molecule has 0 aliphatic carbocycles. The van der Waals surface area contributed by atoms with Crippen LogP contribution >= 0.6 is 0 Å². The van der Waals surface area contributed by atoms with Crippen molar-refractivity contribution in [2.75, 3.05) is 6.54 Å². The first-order valence-electron chi connectivity index (χ1n) is 7.69. The van der Waals surface area contributed by atoms with E-state index in [9.17, 15) is 4.79 Å². The Balaban J connectivity index is 2.13. The van der Waals surface area contributed by atoms with Crippen LogP contribution in [0.25, 0.3) is 0 Å². The molecule has 112 valence electrons. The minimum Gasteiger partial charge on any atom is -0.333 e. The topological polar surface area (TPSA) is 38.1 Å². The first-order valence-corrected chi connectivity index (χ1v) is 7.69. The van der Waals surface area contributed by atoms with E-state index in [1.165, 1.54) is 0 Å². The summed E-state index contributed by atoms with van der Waals surface area (Å²) in [6.45, 7) is 13.9. The number of aromatic nitrogens is 2. The predicted molar refractivity (Wildman–Crippen MR) is 80.6 cm³/mol. The third-order valence-electron chi connectivity index (χ3n) is 4.36. The molecule has 4 heteroatoms. The van der Waals surface area contributed by atoms with Gasteiger partial charge in [-0.25, -0.2) is 0 Å². The summed E-state index contributed by atoms with van der Waals surface area (Å²) in [6, 6.07) is 2.48. The number of rotatable bonds is 4. The van der Waals surface area contributed by atoms with E-state index in [1.807, 2.05) is 21.8 Å². The van der Waals surface area contributed by atoms with Gasteiger partial charge in [-0.1, -0.05) is 27.7 Å². The van der Waals surface area contributed by atoms with E-state index < -0.39 is 0 Å². The van der Waals surface area contributed by atoms with Crippen LogP contribution in [0.4, 0.5) is 0 Å². The van der Waals surface area contributed by atoms with E-state index in [-0.39, 0.29) is 11.9 Å². The van der Waals surface area contributed by atoms with E-state index >= 15 is 0 Å². The summed E-state index contributed by atoms with van der Waals surface area (Å²) in [5, 5.41) is 4.40. The van der Waals surface area contributed by atoms with Gasteiger partial charge in [-0.2, -0.15) is 5.10 Å². The molecule has 1 amide bonds. The molecule has 0 spiro atoms. The summed E-state index contributed by atoms with van der Waals surface area (Å²) in [5.41, 5.74) is 0.576.